The van der Waals surface area contributed by atoms with Crippen molar-refractivity contribution >= 4 is 12.2 Å². The van der Waals surface area contributed by atoms with Crippen LogP contribution in [0.15, 0.2) is 30.4 Å². The van der Waals surface area contributed by atoms with Crippen molar-refractivity contribution in [3.8, 4) is 5.75 Å². The zero-order chi connectivity index (χ0) is 13.9. The molecule has 0 N–H and O–H groups in total. The third-order valence-electron chi connectivity index (χ3n) is 3.02. The highest BCUT2D eigenvalue weighted by atomic mass is 16.3. The van der Waals surface area contributed by atoms with Crippen LogP contribution < -0.4 is 0 Å². The summed E-state index contributed by atoms with van der Waals surface area (Å²) in [6.07, 6.45) is 15.4. The number of hydrogen-bond acceptors (Lipinski definition) is 0. The molecule has 1 radical (unpaired) electrons. The lowest BCUT2D eigenvalue weighted by Gasteiger charge is -1.99. The van der Waals surface area contributed by atoms with Crippen LogP contribution >= 0.6 is 0 Å². The molecule has 0 saturated carbocycles. The molecule has 1 aromatic rings. The van der Waals surface area contributed by atoms with Gasteiger partial charge in [0.1, 0.15) is 0 Å². The van der Waals surface area contributed by atoms with Crippen LogP contribution in [0.5, 0.6) is 5.75 Å². The van der Waals surface area contributed by atoms with E-state index in [1.165, 1.54) is 25.7 Å². The average molecular weight is 257 g/mol. The van der Waals surface area contributed by atoms with Gasteiger partial charge < -0.3 is 0 Å². The molecular weight excluding hydrogens is 232 g/mol. The Morgan fingerprint density at radius 1 is 0.842 bits per heavy atom. The number of unbranched alkanes of at least 4 members (excludes halogenated alkanes) is 4. The third-order valence-corrected chi connectivity index (χ3v) is 3.02. The Morgan fingerprint density at radius 2 is 1.32 bits per heavy atom. The van der Waals surface area contributed by atoms with Gasteiger partial charge in [-0.05, 0) is 42.2 Å². The van der Waals surface area contributed by atoms with E-state index in [4.69, 9.17) is 0 Å². The van der Waals surface area contributed by atoms with E-state index in [1.54, 1.807) is 12.1 Å². The SMILES string of the molecule is CCCC/C=C/c1cc([O])cc(/C=C/CCCC)c1. The van der Waals surface area contributed by atoms with Gasteiger partial charge in [0.2, 0.25) is 0 Å². The predicted octanol–water partition coefficient (Wildman–Crippen LogP) is 6.24. The molecule has 19 heavy (non-hydrogen) atoms. The summed E-state index contributed by atoms with van der Waals surface area (Å²) in [7, 11) is 0. The van der Waals surface area contributed by atoms with Crippen LogP contribution in [0.25, 0.3) is 12.2 Å². The van der Waals surface area contributed by atoms with E-state index in [9.17, 15) is 5.11 Å². The Balaban J connectivity index is 2.65. The molecule has 0 aliphatic heterocycles. The van der Waals surface area contributed by atoms with Crippen molar-refractivity contribution in [1.29, 1.82) is 0 Å². The Hall–Kier alpha value is -1.50. The fraction of sp³-hybridized carbons (Fsp3) is 0.444. The van der Waals surface area contributed by atoms with Gasteiger partial charge in [-0.2, -0.15) is 0 Å². The van der Waals surface area contributed by atoms with Gasteiger partial charge in [-0.1, -0.05) is 63.8 Å². The highest BCUT2D eigenvalue weighted by Gasteiger charge is 1.97. The van der Waals surface area contributed by atoms with Crippen LogP contribution in [0.3, 0.4) is 0 Å². The molecule has 1 aromatic carbocycles. The third kappa shape index (κ3) is 6.85. The first-order valence-corrected chi connectivity index (χ1v) is 7.41. The minimum absolute atomic E-state index is 0.0905. The summed E-state index contributed by atoms with van der Waals surface area (Å²) in [6.45, 7) is 4.37. The molecule has 0 amide bonds. The fourth-order valence-corrected chi connectivity index (χ4v) is 1.92. The Morgan fingerprint density at radius 3 is 1.74 bits per heavy atom. The van der Waals surface area contributed by atoms with Gasteiger partial charge in [-0.25, -0.2) is 0 Å². The van der Waals surface area contributed by atoms with Crippen LogP contribution in [-0.4, -0.2) is 0 Å². The zero-order valence-electron chi connectivity index (χ0n) is 12.2. The molecule has 0 aromatic heterocycles. The van der Waals surface area contributed by atoms with Gasteiger partial charge in [0, 0.05) is 0 Å². The van der Waals surface area contributed by atoms with Gasteiger partial charge in [0.25, 0.3) is 0 Å². The first kappa shape index (κ1) is 15.6. The molecule has 1 heteroatoms. The van der Waals surface area contributed by atoms with E-state index in [0.29, 0.717) is 0 Å². The van der Waals surface area contributed by atoms with Gasteiger partial charge in [-0.15, -0.1) is 0 Å². The van der Waals surface area contributed by atoms with Crippen molar-refractivity contribution in [3.63, 3.8) is 0 Å². The molecule has 0 bridgehead atoms. The van der Waals surface area contributed by atoms with Crippen molar-refractivity contribution < 1.29 is 5.11 Å². The lowest BCUT2D eigenvalue weighted by atomic mass is 10.1. The van der Waals surface area contributed by atoms with E-state index in [2.05, 4.69) is 44.2 Å². The first-order chi connectivity index (χ1) is 9.26. The molecular formula is C18H25O. The second kappa shape index (κ2) is 9.43. The minimum atomic E-state index is 0.0905. The van der Waals surface area contributed by atoms with Gasteiger partial charge in [0.05, 0.1) is 0 Å². The first-order valence-electron chi connectivity index (χ1n) is 7.41. The van der Waals surface area contributed by atoms with E-state index in [0.717, 1.165) is 24.0 Å². The van der Waals surface area contributed by atoms with E-state index in [-0.39, 0.29) is 5.75 Å². The molecule has 0 spiro atoms. The number of rotatable bonds is 8. The molecule has 0 heterocycles. The molecule has 0 fully saturated rings. The van der Waals surface area contributed by atoms with Crippen LogP contribution in [0, 0.1) is 0 Å². The van der Waals surface area contributed by atoms with Crippen LogP contribution in [0.4, 0.5) is 0 Å². The summed E-state index contributed by atoms with van der Waals surface area (Å²) >= 11 is 0. The summed E-state index contributed by atoms with van der Waals surface area (Å²) in [5.74, 6) is 0.0905. The maximum absolute atomic E-state index is 11.6. The Bertz CT molecular complexity index is 379. The van der Waals surface area contributed by atoms with E-state index in [1.807, 2.05) is 0 Å². The standard InChI is InChI=1S/C18H25O/c1-3-5-7-9-11-16-13-17(15-18(19)14-16)12-10-8-6-4-2/h9-15H,3-8H2,1-2H3/b11-9+,12-10+. The maximum Gasteiger partial charge on any atom is 0.179 e. The van der Waals surface area contributed by atoms with Crippen molar-refractivity contribution in [2.24, 2.45) is 0 Å². The van der Waals surface area contributed by atoms with Crippen molar-refractivity contribution in [2.45, 2.75) is 52.4 Å². The number of benzene rings is 1. The largest absolute Gasteiger partial charge is 0.290 e. The highest BCUT2D eigenvalue weighted by Crippen LogP contribution is 2.19. The normalized spacial score (nSPS) is 11.7. The predicted molar refractivity (Wildman–Crippen MR) is 83.7 cm³/mol. The summed E-state index contributed by atoms with van der Waals surface area (Å²) in [6, 6.07) is 5.48. The van der Waals surface area contributed by atoms with Gasteiger partial charge in [-0.3, -0.25) is 5.11 Å². The molecule has 1 nitrogen and oxygen atoms in total. The van der Waals surface area contributed by atoms with Crippen LogP contribution in [0.1, 0.15) is 63.5 Å². The van der Waals surface area contributed by atoms with Crippen molar-refractivity contribution in [3.05, 3.63) is 41.5 Å². The monoisotopic (exact) mass is 257 g/mol. The molecule has 103 valence electrons. The van der Waals surface area contributed by atoms with Gasteiger partial charge in [0.15, 0.2) is 5.75 Å². The molecule has 0 saturated heterocycles. The smallest absolute Gasteiger partial charge is 0.179 e. The highest BCUT2D eigenvalue weighted by molar-refractivity contribution is 5.60. The van der Waals surface area contributed by atoms with Crippen LogP contribution in [-0.2, 0) is 5.11 Å². The van der Waals surface area contributed by atoms with Crippen LogP contribution in [0.2, 0.25) is 0 Å². The van der Waals surface area contributed by atoms with E-state index < -0.39 is 0 Å². The van der Waals surface area contributed by atoms with Gasteiger partial charge >= 0.3 is 0 Å². The summed E-state index contributed by atoms with van der Waals surface area (Å²) in [5.41, 5.74) is 2.03. The maximum atomic E-state index is 11.6. The number of allylic oxidation sites excluding steroid dienone is 2. The zero-order valence-corrected chi connectivity index (χ0v) is 12.2. The molecule has 0 unspecified atom stereocenters. The number of hydrogen-bond donors (Lipinski definition) is 0. The molecule has 0 aliphatic carbocycles. The summed E-state index contributed by atoms with van der Waals surface area (Å²) in [5, 5.41) is 11.6. The summed E-state index contributed by atoms with van der Waals surface area (Å²) in [4.78, 5) is 0. The quantitative estimate of drug-likeness (QED) is 0.491. The molecule has 1 rings (SSSR count). The summed E-state index contributed by atoms with van der Waals surface area (Å²) < 4.78 is 0. The second-order valence-electron chi connectivity index (χ2n) is 4.92. The fourth-order valence-electron chi connectivity index (χ4n) is 1.92. The minimum Gasteiger partial charge on any atom is -0.290 e. The topological polar surface area (TPSA) is 19.9 Å². The second-order valence-corrected chi connectivity index (χ2v) is 4.92. The lowest BCUT2D eigenvalue weighted by molar-refractivity contribution is 0.355. The Kier molecular flexibility index (Phi) is 7.72. The Labute approximate surface area is 117 Å². The molecule has 0 atom stereocenters. The average Bonchev–Trinajstić information content (AvgIpc) is 2.39. The van der Waals surface area contributed by atoms with E-state index >= 15 is 0 Å². The lowest BCUT2D eigenvalue weighted by Crippen LogP contribution is -1.77. The molecule has 0 aliphatic rings. The van der Waals surface area contributed by atoms with Crippen molar-refractivity contribution in [2.75, 3.05) is 0 Å². The van der Waals surface area contributed by atoms with Crippen molar-refractivity contribution in [1.82, 2.24) is 0 Å².